The van der Waals surface area contributed by atoms with Crippen molar-refractivity contribution >= 4 is 26.3 Å². The SMILES string of the molecule is CC1=c2ccccc2=Ic2ccccc21. The molecule has 1 aliphatic rings. The molecule has 0 saturated carbocycles. The third kappa shape index (κ3) is 1.46. The molecule has 0 aromatic heterocycles. The zero-order chi connectivity index (χ0) is 10.3. The summed E-state index contributed by atoms with van der Waals surface area (Å²) in [5.74, 6) is 0. The standard InChI is InChI=1S/C14H11I/c1-10-11-6-2-4-8-13(11)15-14-9-5-3-7-12(10)14/h2-9H,1H3. The second-order valence-electron chi connectivity index (χ2n) is 3.68. The molecule has 0 unspecified atom stereocenters. The molecule has 0 saturated heterocycles. The molecule has 0 N–H and O–H groups in total. The molecular formula is C14H11I. The smallest absolute Gasteiger partial charge is 0.0158 e. The maximum atomic E-state index is 2.28. The Bertz CT molecular complexity index is 638. The van der Waals surface area contributed by atoms with Crippen LogP contribution < -0.4 is 5.22 Å². The molecule has 1 heteroatoms. The second kappa shape index (κ2) is 3.56. The minimum Gasteiger partial charge on any atom is -0.0762 e. The molecule has 15 heavy (non-hydrogen) atoms. The molecule has 0 nitrogen and oxygen atoms in total. The van der Waals surface area contributed by atoms with Crippen molar-refractivity contribution in [3.63, 3.8) is 0 Å². The normalized spacial score (nSPS) is 13.3. The van der Waals surface area contributed by atoms with E-state index in [1.165, 1.54) is 16.4 Å². The van der Waals surface area contributed by atoms with Crippen molar-refractivity contribution in [2.75, 3.05) is 0 Å². The van der Waals surface area contributed by atoms with E-state index >= 15 is 0 Å². The van der Waals surface area contributed by atoms with Gasteiger partial charge in [0.05, 0.1) is 0 Å². The summed E-state index contributed by atoms with van der Waals surface area (Å²) >= 11 is 0.0272. The average molecular weight is 306 g/mol. The number of rotatable bonds is 0. The lowest BCUT2D eigenvalue weighted by molar-refractivity contribution is 1.44. The van der Waals surface area contributed by atoms with Crippen molar-refractivity contribution in [2.45, 2.75) is 6.92 Å². The van der Waals surface area contributed by atoms with E-state index in [0.29, 0.717) is 0 Å². The Hall–Kier alpha value is -0.960. The van der Waals surface area contributed by atoms with Gasteiger partial charge in [0, 0.05) is 6.72 Å². The number of halogens is 1. The van der Waals surface area contributed by atoms with Crippen molar-refractivity contribution < 1.29 is 0 Å². The maximum absolute atomic E-state index is 2.28. The van der Waals surface area contributed by atoms with Crippen LogP contribution in [0.2, 0.25) is 0 Å². The van der Waals surface area contributed by atoms with Crippen molar-refractivity contribution in [1.82, 2.24) is 0 Å². The van der Waals surface area contributed by atoms with Crippen LogP contribution in [0.5, 0.6) is 0 Å². The minimum absolute atomic E-state index is 0.0272. The van der Waals surface area contributed by atoms with Gasteiger partial charge in [-0.25, -0.2) is 0 Å². The molecule has 0 radical (unpaired) electrons. The molecule has 1 heterocycles. The molecule has 3 rings (SSSR count). The lowest BCUT2D eigenvalue weighted by Gasteiger charge is -2.10. The van der Waals surface area contributed by atoms with E-state index in [4.69, 9.17) is 0 Å². The van der Waals surface area contributed by atoms with Crippen LogP contribution in [0.25, 0.3) is 5.57 Å². The van der Waals surface area contributed by atoms with Gasteiger partial charge in [-0.2, -0.15) is 0 Å². The predicted molar refractivity (Wildman–Crippen MR) is 72.2 cm³/mol. The lowest BCUT2D eigenvalue weighted by Crippen LogP contribution is -2.09. The Labute approximate surface area is 99.0 Å². The molecule has 2 aromatic rings. The second-order valence-corrected chi connectivity index (χ2v) is 6.54. The van der Waals surface area contributed by atoms with Gasteiger partial charge < -0.3 is 0 Å². The van der Waals surface area contributed by atoms with Gasteiger partial charge in [0.25, 0.3) is 0 Å². The number of fused-ring (bicyclic) bond motifs is 2. The molecule has 1 aliphatic heterocycles. The first-order chi connectivity index (χ1) is 7.36. The Morgan fingerprint density at radius 1 is 0.867 bits per heavy atom. The highest BCUT2D eigenvalue weighted by molar-refractivity contribution is 14.2. The largest absolute Gasteiger partial charge is 0.0762 e. The fraction of sp³-hybridized carbons (Fsp3) is 0.0714. The van der Waals surface area contributed by atoms with Crippen LogP contribution in [0.1, 0.15) is 12.5 Å². The summed E-state index contributed by atoms with van der Waals surface area (Å²) in [6.07, 6.45) is 0. The van der Waals surface area contributed by atoms with Crippen LogP contribution in [0.15, 0.2) is 48.5 Å². The number of benzene rings is 2. The summed E-state index contributed by atoms with van der Waals surface area (Å²) in [5, 5.41) is 1.46. The third-order valence-corrected chi connectivity index (χ3v) is 5.80. The fourth-order valence-corrected chi connectivity index (χ4v) is 5.10. The van der Waals surface area contributed by atoms with E-state index in [1.54, 1.807) is 6.72 Å². The molecule has 0 amide bonds. The number of hydrogen-bond donors (Lipinski definition) is 0. The van der Waals surface area contributed by atoms with E-state index in [1.807, 2.05) is 0 Å². The van der Waals surface area contributed by atoms with Gasteiger partial charge in [0.15, 0.2) is 0 Å². The molecular weight excluding hydrogens is 295 g/mol. The Balaban J connectivity index is 2.50. The lowest BCUT2D eigenvalue weighted by atomic mass is 10.1. The highest BCUT2D eigenvalue weighted by atomic mass is 127. The van der Waals surface area contributed by atoms with E-state index in [-0.39, 0.29) is 20.7 Å². The van der Waals surface area contributed by atoms with Crippen LogP contribution in [0, 0.1) is 6.72 Å². The Morgan fingerprint density at radius 3 is 2.53 bits per heavy atom. The van der Waals surface area contributed by atoms with Crippen LogP contribution in [-0.4, -0.2) is 0 Å². The first-order valence-electron chi connectivity index (χ1n) is 5.03. The van der Waals surface area contributed by atoms with Crippen molar-refractivity contribution in [1.29, 1.82) is 0 Å². The first-order valence-corrected chi connectivity index (χ1v) is 7.19. The molecule has 0 atom stereocenters. The average Bonchev–Trinajstić information content (AvgIpc) is 2.30. The van der Waals surface area contributed by atoms with Crippen molar-refractivity contribution in [3.8, 4) is 0 Å². The van der Waals surface area contributed by atoms with E-state index in [9.17, 15) is 0 Å². The third-order valence-electron chi connectivity index (χ3n) is 2.76. The van der Waals surface area contributed by atoms with Gasteiger partial charge in [-0.15, -0.1) is 0 Å². The molecule has 74 valence electrons. The van der Waals surface area contributed by atoms with Crippen molar-refractivity contribution in [3.05, 3.63) is 66.0 Å². The molecule has 2 aromatic carbocycles. The van der Waals surface area contributed by atoms with Gasteiger partial charge >= 0.3 is 0 Å². The van der Waals surface area contributed by atoms with Gasteiger partial charge in [-0.1, -0.05) is 57.1 Å². The monoisotopic (exact) mass is 306 g/mol. The highest BCUT2D eigenvalue weighted by Crippen LogP contribution is 2.26. The maximum Gasteiger partial charge on any atom is 0.0158 e. The Kier molecular flexibility index (Phi) is 2.20. The van der Waals surface area contributed by atoms with Gasteiger partial charge in [0.1, 0.15) is 0 Å². The summed E-state index contributed by atoms with van der Waals surface area (Å²) in [6.45, 7) is 2.24. The summed E-state index contributed by atoms with van der Waals surface area (Å²) < 4.78 is 3.12. The summed E-state index contributed by atoms with van der Waals surface area (Å²) in [5.41, 5.74) is 2.90. The van der Waals surface area contributed by atoms with E-state index in [0.717, 1.165) is 0 Å². The topological polar surface area (TPSA) is 0 Å². The molecule has 0 aliphatic carbocycles. The van der Waals surface area contributed by atoms with Crippen LogP contribution >= 0.6 is 20.7 Å². The van der Waals surface area contributed by atoms with Gasteiger partial charge in [-0.05, 0) is 35.4 Å². The Morgan fingerprint density at radius 2 is 1.60 bits per heavy atom. The van der Waals surface area contributed by atoms with Gasteiger partial charge in [0.2, 0.25) is 0 Å². The predicted octanol–water partition coefficient (Wildman–Crippen LogP) is 3.31. The molecule has 0 bridgehead atoms. The van der Waals surface area contributed by atoms with Crippen molar-refractivity contribution in [2.24, 2.45) is 0 Å². The summed E-state index contributed by atoms with van der Waals surface area (Å²) in [7, 11) is 0. The summed E-state index contributed by atoms with van der Waals surface area (Å²) in [6, 6.07) is 17.6. The van der Waals surface area contributed by atoms with E-state index < -0.39 is 0 Å². The van der Waals surface area contributed by atoms with Gasteiger partial charge in [-0.3, -0.25) is 0 Å². The van der Waals surface area contributed by atoms with Crippen LogP contribution in [-0.2, 0) is 0 Å². The molecule has 0 spiro atoms. The molecule has 0 fully saturated rings. The fourth-order valence-electron chi connectivity index (χ4n) is 1.95. The van der Waals surface area contributed by atoms with Crippen LogP contribution in [0.3, 0.4) is 0 Å². The van der Waals surface area contributed by atoms with Crippen LogP contribution in [0.4, 0.5) is 0 Å². The quantitative estimate of drug-likeness (QED) is 0.655. The van der Waals surface area contributed by atoms with E-state index in [2.05, 4.69) is 55.5 Å². The minimum atomic E-state index is 0.0272. The zero-order valence-electron chi connectivity index (χ0n) is 8.50. The highest BCUT2D eigenvalue weighted by Gasteiger charge is 2.07. The number of hydrogen-bond acceptors (Lipinski definition) is 0. The first kappa shape index (κ1) is 9.28. The summed E-state index contributed by atoms with van der Waals surface area (Å²) in [4.78, 5) is 0. The zero-order valence-corrected chi connectivity index (χ0v) is 10.7.